The van der Waals surface area contributed by atoms with Gasteiger partial charge in [-0.3, -0.25) is 0 Å². The van der Waals surface area contributed by atoms with Gasteiger partial charge in [-0.2, -0.15) is 0 Å². The summed E-state index contributed by atoms with van der Waals surface area (Å²) >= 11 is 0. The van der Waals surface area contributed by atoms with Crippen molar-refractivity contribution < 1.29 is 0 Å². The summed E-state index contributed by atoms with van der Waals surface area (Å²) in [7, 11) is 0. The molecule has 0 aromatic carbocycles. The average Bonchev–Trinajstić information content (AvgIpc) is 2.98. The first-order valence-electron chi connectivity index (χ1n) is 7.12. The Balaban J connectivity index is 1.70. The van der Waals surface area contributed by atoms with Crippen LogP contribution < -0.4 is 5.73 Å². The Morgan fingerprint density at radius 3 is 2.38 bits per heavy atom. The van der Waals surface area contributed by atoms with Crippen molar-refractivity contribution >= 4 is 0 Å². The van der Waals surface area contributed by atoms with Crippen molar-refractivity contribution in [3.8, 4) is 0 Å². The molecule has 2 saturated carbocycles. The van der Waals surface area contributed by atoms with Crippen molar-refractivity contribution in [2.45, 2.75) is 70.4 Å². The molecule has 0 radical (unpaired) electrons. The lowest BCUT2D eigenvalue weighted by Gasteiger charge is -2.39. The number of nitrogens with zero attached hydrogens (tertiary/aromatic N) is 1. The third-order valence-corrected chi connectivity index (χ3v) is 4.30. The van der Waals surface area contributed by atoms with E-state index in [0.717, 1.165) is 12.0 Å². The number of nitrogens with two attached hydrogens (primary N) is 1. The first-order valence-corrected chi connectivity index (χ1v) is 7.12. The third-order valence-electron chi connectivity index (χ3n) is 4.30. The van der Waals surface area contributed by atoms with Crippen LogP contribution in [0.1, 0.15) is 58.8 Å². The molecule has 0 unspecified atom stereocenters. The summed E-state index contributed by atoms with van der Waals surface area (Å²) in [6, 6.07) is 0.905. The van der Waals surface area contributed by atoms with Gasteiger partial charge in [-0.25, -0.2) is 0 Å². The number of rotatable bonds is 7. The topological polar surface area (TPSA) is 29.3 Å². The molecule has 0 heterocycles. The minimum absolute atomic E-state index is 0.213. The Labute approximate surface area is 101 Å². The molecule has 0 aromatic heterocycles. The van der Waals surface area contributed by atoms with Crippen molar-refractivity contribution in [1.29, 1.82) is 0 Å². The molecular formula is C14H28N2. The molecule has 2 aliphatic carbocycles. The first-order chi connectivity index (χ1) is 7.59. The van der Waals surface area contributed by atoms with E-state index in [9.17, 15) is 0 Å². The fourth-order valence-corrected chi connectivity index (χ4v) is 2.59. The minimum Gasteiger partial charge on any atom is -0.325 e. The predicted octanol–water partition coefficient (Wildman–Crippen LogP) is 2.77. The van der Waals surface area contributed by atoms with Gasteiger partial charge in [0.1, 0.15) is 0 Å². The van der Waals surface area contributed by atoms with Crippen molar-refractivity contribution in [2.24, 2.45) is 11.7 Å². The summed E-state index contributed by atoms with van der Waals surface area (Å²) in [5.41, 5.74) is 6.51. The van der Waals surface area contributed by atoms with Crippen LogP contribution in [-0.4, -0.2) is 29.6 Å². The van der Waals surface area contributed by atoms with E-state index in [2.05, 4.69) is 18.7 Å². The highest BCUT2D eigenvalue weighted by molar-refractivity contribution is 4.94. The van der Waals surface area contributed by atoms with Gasteiger partial charge in [-0.1, -0.05) is 13.8 Å². The maximum Gasteiger partial charge on any atom is 0.0166 e. The lowest BCUT2D eigenvalue weighted by atomic mass is 9.75. The highest BCUT2D eigenvalue weighted by Gasteiger charge is 2.35. The molecule has 0 amide bonds. The molecule has 2 rings (SSSR count). The fraction of sp³-hybridized carbons (Fsp3) is 1.00. The van der Waals surface area contributed by atoms with Gasteiger partial charge in [-0.15, -0.1) is 0 Å². The molecule has 94 valence electrons. The van der Waals surface area contributed by atoms with Gasteiger partial charge < -0.3 is 10.6 Å². The van der Waals surface area contributed by atoms with Crippen LogP contribution in [0.15, 0.2) is 0 Å². The van der Waals surface area contributed by atoms with Gasteiger partial charge in [0.2, 0.25) is 0 Å². The van der Waals surface area contributed by atoms with E-state index in [4.69, 9.17) is 5.73 Å². The fourth-order valence-electron chi connectivity index (χ4n) is 2.59. The van der Waals surface area contributed by atoms with E-state index in [0.29, 0.717) is 0 Å². The predicted molar refractivity (Wildman–Crippen MR) is 69.4 cm³/mol. The Hall–Kier alpha value is -0.0800. The van der Waals surface area contributed by atoms with E-state index in [-0.39, 0.29) is 5.54 Å². The van der Waals surface area contributed by atoms with Crippen LogP contribution in [-0.2, 0) is 0 Å². The molecular weight excluding hydrogens is 196 g/mol. The highest BCUT2D eigenvalue weighted by Crippen LogP contribution is 2.34. The minimum atomic E-state index is 0.213. The van der Waals surface area contributed by atoms with E-state index in [1.165, 1.54) is 58.0 Å². The smallest absolute Gasteiger partial charge is 0.0166 e. The summed E-state index contributed by atoms with van der Waals surface area (Å²) < 4.78 is 0. The lowest BCUT2D eigenvalue weighted by molar-refractivity contribution is 0.172. The average molecular weight is 224 g/mol. The largest absolute Gasteiger partial charge is 0.325 e. The first kappa shape index (κ1) is 12.4. The van der Waals surface area contributed by atoms with Gasteiger partial charge in [0.05, 0.1) is 0 Å². The van der Waals surface area contributed by atoms with Gasteiger partial charge in [0.25, 0.3) is 0 Å². The third kappa shape index (κ3) is 3.46. The van der Waals surface area contributed by atoms with Crippen LogP contribution in [0.5, 0.6) is 0 Å². The van der Waals surface area contributed by atoms with Crippen molar-refractivity contribution in [3.63, 3.8) is 0 Å². The molecule has 16 heavy (non-hydrogen) atoms. The summed E-state index contributed by atoms with van der Waals surface area (Å²) in [6.07, 6.45) is 9.29. The quantitative estimate of drug-likeness (QED) is 0.720. The Morgan fingerprint density at radius 1 is 1.25 bits per heavy atom. The Bertz CT molecular complexity index is 217. The SMILES string of the molecule is CC(C)CCN(CCC1(N)CCC1)C1CC1. The molecule has 0 aliphatic heterocycles. The van der Waals surface area contributed by atoms with Gasteiger partial charge in [0, 0.05) is 18.1 Å². The zero-order chi connectivity index (χ0) is 11.6. The summed E-state index contributed by atoms with van der Waals surface area (Å²) in [5, 5.41) is 0. The molecule has 2 heteroatoms. The maximum absolute atomic E-state index is 6.30. The second kappa shape index (κ2) is 5.05. The van der Waals surface area contributed by atoms with Crippen LogP contribution >= 0.6 is 0 Å². The van der Waals surface area contributed by atoms with Crippen molar-refractivity contribution in [1.82, 2.24) is 4.90 Å². The van der Waals surface area contributed by atoms with E-state index >= 15 is 0 Å². The zero-order valence-electron chi connectivity index (χ0n) is 11.0. The van der Waals surface area contributed by atoms with Crippen LogP contribution in [0.3, 0.4) is 0 Å². The monoisotopic (exact) mass is 224 g/mol. The molecule has 2 aliphatic rings. The molecule has 0 saturated heterocycles. The molecule has 2 fully saturated rings. The lowest BCUT2D eigenvalue weighted by Crippen LogP contribution is -2.49. The molecule has 2 nitrogen and oxygen atoms in total. The highest BCUT2D eigenvalue weighted by atomic mass is 15.2. The van der Waals surface area contributed by atoms with Crippen LogP contribution in [0, 0.1) is 5.92 Å². The standard InChI is InChI=1S/C14H28N2/c1-12(2)6-10-16(13-4-5-13)11-9-14(15)7-3-8-14/h12-13H,3-11,15H2,1-2H3. The summed E-state index contributed by atoms with van der Waals surface area (Å²) in [4.78, 5) is 2.70. The summed E-state index contributed by atoms with van der Waals surface area (Å²) in [6.45, 7) is 7.18. The Kier molecular flexibility index (Phi) is 3.91. The summed E-state index contributed by atoms with van der Waals surface area (Å²) in [5.74, 6) is 0.830. The van der Waals surface area contributed by atoms with Gasteiger partial charge >= 0.3 is 0 Å². The van der Waals surface area contributed by atoms with Crippen molar-refractivity contribution in [3.05, 3.63) is 0 Å². The van der Waals surface area contributed by atoms with Gasteiger partial charge in [0.15, 0.2) is 0 Å². The molecule has 0 aromatic rings. The molecule has 0 bridgehead atoms. The number of hydrogen-bond acceptors (Lipinski definition) is 2. The van der Waals surface area contributed by atoms with E-state index < -0.39 is 0 Å². The second-order valence-electron chi connectivity index (χ2n) is 6.42. The Morgan fingerprint density at radius 2 is 1.94 bits per heavy atom. The van der Waals surface area contributed by atoms with Crippen LogP contribution in [0.2, 0.25) is 0 Å². The van der Waals surface area contributed by atoms with E-state index in [1.807, 2.05) is 0 Å². The van der Waals surface area contributed by atoms with Crippen molar-refractivity contribution in [2.75, 3.05) is 13.1 Å². The van der Waals surface area contributed by atoms with Gasteiger partial charge in [-0.05, 0) is 57.4 Å². The number of hydrogen-bond donors (Lipinski definition) is 1. The molecule has 0 atom stereocenters. The zero-order valence-corrected chi connectivity index (χ0v) is 11.0. The maximum atomic E-state index is 6.30. The molecule has 2 N–H and O–H groups in total. The normalized spacial score (nSPS) is 23.8. The van der Waals surface area contributed by atoms with Crippen LogP contribution in [0.4, 0.5) is 0 Å². The molecule has 0 spiro atoms. The van der Waals surface area contributed by atoms with Crippen LogP contribution in [0.25, 0.3) is 0 Å². The second-order valence-corrected chi connectivity index (χ2v) is 6.42. The van der Waals surface area contributed by atoms with E-state index in [1.54, 1.807) is 0 Å².